The summed E-state index contributed by atoms with van der Waals surface area (Å²) in [7, 11) is 0. The predicted molar refractivity (Wildman–Crippen MR) is 108 cm³/mol. The Morgan fingerprint density at radius 1 is 1.10 bits per heavy atom. The van der Waals surface area contributed by atoms with Gasteiger partial charge in [-0.3, -0.25) is 0 Å². The molecule has 0 saturated heterocycles. The van der Waals surface area contributed by atoms with Crippen molar-refractivity contribution in [1.29, 1.82) is 5.26 Å². The number of benzene rings is 2. The van der Waals surface area contributed by atoms with Gasteiger partial charge in [-0.1, -0.05) is 26.0 Å². The molecule has 1 atom stereocenters. The average Bonchev–Trinajstić information content (AvgIpc) is 2.78. The molecule has 0 saturated carbocycles. The Bertz CT molecular complexity index is 1060. The van der Waals surface area contributed by atoms with Crippen LogP contribution < -0.4 is 9.47 Å². The topological polar surface area (TPSA) is 85.1 Å². The molecule has 1 aromatic heterocycles. The Labute approximate surface area is 173 Å². The Hall–Kier alpha value is -3.79. The molecule has 0 radical (unpaired) electrons. The first kappa shape index (κ1) is 20.9. The first-order valence-electron chi connectivity index (χ1n) is 9.48. The lowest BCUT2D eigenvalue weighted by Crippen LogP contribution is -2.13. The number of halogens is 1. The van der Waals surface area contributed by atoms with E-state index in [-0.39, 0.29) is 23.1 Å². The summed E-state index contributed by atoms with van der Waals surface area (Å²) in [5.74, 6) is -0.902. The lowest BCUT2D eigenvalue weighted by molar-refractivity contribution is 0.0721. The second-order valence-electron chi connectivity index (χ2n) is 6.62. The molecule has 0 N–H and O–H groups in total. The van der Waals surface area contributed by atoms with Gasteiger partial charge in [-0.25, -0.2) is 19.2 Å². The highest BCUT2D eigenvalue weighted by Crippen LogP contribution is 2.25. The molecule has 3 rings (SSSR count). The molecule has 0 bridgehead atoms. The van der Waals surface area contributed by atoms with Crippen molar-refractivity contribution in [2.24, 2.45) is 0 Å². The predicted octanol–water partition coefficient (Wildman–Crippen LogP) is 4.65. The van der Waals surface area contributed by atoms with Gasteiger partial charge in [-0.05, 0) is 41.8 Å². The molecule has 0 aliphatic carbocycles. The number of nitriles is 1. The van der Waals surface area contributed by atoms with Crippen LogP contribution in [0.4, 0.5) is 4.39 Å². The van der Waals surface area contributed by atoms with Crippen LogP contribution in [0.2, 0.25) is 0 Å². The van der Waals surface area contributed by atoms with Crippen molar-refractivity contribution in [3.63, 3.8) is 0 Å². The molecular formula is C23H20FN3O3. The standard InChI is InChI=1S/C23H20FN3O3/c1-3-10-29-19-7-4-16(5-8-19)15(2)18-13-26-22(27-14-18)23(28)30-20-9-6-17(12-25)21(24)11-20/h4-9,11,13-15H,3,10H2,1-2H3. The SMILES string of the molecule is CCCOc1ccc(C(C)c2cnc(C(=O)Oc3ccc(C#N)c(F)c3)nc2)cc1. The third-order valence-electron chi connectivity index (χ3n) is 4.48. The molecule has 0 aliphatic heterocycles. The molecule has 0 amide bonds. The number of hydrogen-bond donors (Lipinski definition) is 0. The minimum Gasteiger partial charge on any atom is -0.494 e. The van der Waals surface area contributed by atoms with Gasteiger partial charge in [0.05, 0.1) is 12.2 Å². The van der Waals surface area contributed by atoms with Crippen LogP contribution in [0.1, 0.15) is 53.5 Å². The second-order valence-corrected chi connectivity index (χ2v) is 6.62. The van der Waals surface area contributed by atoms with Crippen LogP contribution in [0.25, 0.3) is 0 Å². The minimum absolute atomic E-state index is 0.0166. The van der Waals surface area contributed by atoms with Crippen LogP contribution >= 0.6 is 0 Å². The van der Waals surface area contributed by atoms with Crippen molar-refractivity contribution in [2.75, 3.05) is 6.61 Å². The van der Waals surface area contributed by atoms with Gasteiger partial charge in [0, 0.05) is 24.4 Å². The zero-order valence-corrected chi connectivity index (χ0v) is 16.6. The number of aromatic nitrogens is 2. The van der Waals surface area contributed by atoms with Crippen molar-refractivity contribution in [1.82, 2.24) is 9.97 Å². The molecule has 7 heteroatoms. The fraction of sp³-hybridized carbons (Fsp3) is 0.217. The van der Waals surface area contributed by atoms with Gasteiger partial charge < -0.3 is 9.47 Å². The summed E-state index contributed by atoms with van der Waals surface area (Å²) in [5.41, 5.74) is 1.76. The van der Waals surface area contributed by atoms with Gasteiger partial charge in [0.15, 0.2) is 0 Å². The van der Waals surface area contributed by atoms with Gasteiger partial charge in [-0.2, -0.15) is 5.26 Å². The maximum absolute atomic E-state index is 13.6. The number of carbonyl (C=O) groups excluding carboxylic acids is 1. The van der Waals surface area contributed by atoms with Crippen LogP contribution in [0, 0.1) is 17.1 Å². The molecule has 1 heterocycles. The Morgan fingerprint density at radius 2 is 1.77 bits per heavy atom. The molecule has 1 unspecified atom stereocenters. The fourth-order valence-electron chi connectivity index (χ4n) is 2.73. The third kappa shape index (κ3) is 4.97. The molecule has 0 spiro atoms. The third-order valence-corrected chi connectivity index (χ3v) is 4.48. The maximum atomic E-state index is 13.6. The molecule has 152 valence electrons. The van der Waals surface area contributed by atoms with Crippen molar-refractivity contribution in [3.8, 4) is 17.6 Å². The second kappa shape index (κ2) is 9.61. The normalized spacial score (nSPS) is 11.4. The number of rotatable bonds is 7. The zero-order chi connectivity index (χ0) is 21.5. The summed E-state index contributed by atoms with van der Waals surface area (Å²) in [6, 6.07) is 13.1. The van der Waals surface area contributed by atoms with Crippen LogP contribution in [0.5, 0.6) is 11.5 Å². The van der Waals surface area contributed by atoms with E-state index < -0.39 is 11.8 Å². The number of carbonyl (C=O) groups is 1. The first-order valence-corrected chi connectivity index (χ1v) is 9.48. The maximum Gasteiger partial charge on any atom is 0.381 e. The van der Waals surface area contributed by atoms with E-state index >= 15 is 0 Å². The first-order chi connectivity index (χ1) is 14.5. The van der Waals surface area contributed by atoms with Gasteiger partial charge in [0.2, 0.25) is 5.82 Å². The highest BCUT2D eigenvalue weighted by molar-refractivity contribution is 5.86. The summed E-state index contributed by atoms with van der Waals surface area (Å²) in [6.45, 7) is 4.74. The van der Waals surface area contributed by atoms with Crippen LogP contribution in [0.3, 0.4) is 0 Å². The van der Waals surface area contributed by atoms with Gasteiger partial charge >= 0.3 is 5.97 Å². The number of hydrogen-bond acceptors (Lipinski definition) is 6. The summed E-state index contributed by atoms with van der Waals surface area (Å²) in [5, 5.41) is 8.75. The van der Waals surface area contributed by atoms with E-state index in [4.69, 9.17) is 14.7 Å². The van der Waals surface area contributed by atoms with Crippen molar-refractivity contribution in [2.45, 2.75) is 26.2 Å². The highest BCUT2D eigenvalue weighted by atomic mass is 19.1. The number of esters is 1. The fourth-order valence-corrected chi connectivity index (χ4v) is 2.73. The van der Waals surface area contributed by atoms with E-state index in [0.717, 1.165) is 29.4 Å². The molecule has 2 aromatic carbocycles. The summed E-state index contributed by atoms with van der Waals surface area (Å²) in [6.07, 6.45) is 4.08. The molecular weight excluding hydrogens is 385 g/mol. The zero-order valence-electron chi connectivity index (χ0n) is 16.6. The molecule has 6 nitrogen and oxygen atoms in total. The number of nitrogens with zero attached hydrogens (tertiary/aromatic N) is 3. The van der Waals surface area contributed by atoms with Gasteiger partial charge in [-0.15, -0.1) is 0 Å². The summed E-state index contributed by atoms with van der Waals surface area (Å²) >= 11 is 0. The molecule has 0 fully saturated rings. The van der Waals surface area contributed by atoms with Crippen molar-refractivity contribution < 1.29 is 18.7 Å². The van der Waals surface area contributed by atoms with Gasteiger partial charge in [0.25, 0.3) is 0 Å². The van der Waals surface area contributed by atoms with E-state index in [1.807, 2.05) is 31.2 Å². The van der Waals surface area contributed by atoms with Crippen LogP contribution in [-0.4, -0.2) is 22.5 Å². The Morgan fingerprint density at radius 3 is 2.37 bits per heavy atom. The Balaban J connectivity index is 1.67. The minimum atomic E-state index is -0.810. The quantitative estimate of drug-likeness (QED) is 0.420. The van der Waals surface area contributed by atoms with Gasteiger partial charge in [0.1, 0.15) is 23.4 Å². The molecule has 3 aromatic rings. The molecule has 30 heavy (non-hydrogen) atoms. The average molecular weight is 405 g/mol. The van der Waals surface area contributed by atoms with E-state index in [2.05, 4.69) is 16.9 Å². The highest BCUT2D eigenvalue weighted by Gasteiger charge is 2.16. The largest absolute Gasteiger partial charge is 0.494 e. The van der Waals surface area contributed by atoms with E-state index in [1.54, 1.807) is 18.5 Å². The Kier molecular flexibility index (Phi) is 6.71. The molecule has 0 aliphatic rings. The monoisotopic (exact) mass is 405 g/mol. The van der Waals surface area contributed by atoms with E-state index in [0.29, 0.717) is 6.61 Å². The lowest BCUT2D eigenvalue weighted by Gasteiger charge is -2.13. The number of ether oxygens (including phenoxy) is 2. The summed E-state index contributed by atoms with van der Waals surface area (Å²) in [4.78, 5) is 20.4. The van der Waals surface area contributed by atoms with Crippen LogP contribution in [0.15, 0.2) is 54.9 Å². The summed E-state index contributed by atoms with van der Waals surface area (Å²) < 4.78 is 24.3. The van der Waals surface area contributed by atoms with E-state index in [1.165, 1.54) is 12.1 Å². The van der Waals surface area contributed by atoms with Crippen LogP contribution in [-0.2, 0) is 0 Å². The smallest absolute Gasteiger partial charge is 0.381 e. The van der Waals surface area contributed by atoms with Crippen molar-refractivity contribution in [3.05, 3.63) is 83.2 Å². The van der Waals surface area contributed by atoms with E-state index in [9.17, 15) is 9.18 Å². The van der Waals surface area contributed by atoms with Crippen molar-refractivity contribution >= 4 is 5.97 Å². The lowest BCUT2D eigenvalue weighted by atomic mass is 9.95.